The molecule has 1 N–H and O–H groups in total. The molecule has 0 radical (unpaired) electrons. The fourth-order valence-corrected chi connectivity index (χ4v) is 2.81. The fraction of sp³-hybridized carbons (Fsp3) is 0.556. The molecule has 2 amide bonds. The third-order valence-electron chi connectivity index (χ3n) is 4.43. The second-order valence-electron chi connectivity index (χ2n) is 6.20. The van der Waals surface area contributed by atoms with Gasteiger partial charge in [0.15, 0.2) is 0 Å². The van der Waals surface area contributed by atoms with Crippen LogP contribution in [-0.4, -0.2) is 54.3 Å². The lowest BCUT2D eigenvalue weighted by Crippen LogP contribution is -2.50. The summed E-state index contributed by atoms with van der Waals surface area (Å²) in [6.45, 7) is 9.41. The van der Waals surface area contributed by atoms with Crippen molar-refractivity contribution in [2.24, 2.45) is 0 Å². The number of hydrogen-bond acceptors (Lipinski definition) is 3. The van der Waals surface area contributed by atoms with E-state index in [1.165, 1.54) is 5.56 Å². The third-order valence-corrected chi connectivity index (χ3v) is 4.43. The number of hydrogen-bond donors (Lipinski definition) is 1. The summed E-state index contributed by atoms with van der Waals surface area (Å²) in [6.07, 6.45) is 1.50. The Morgan fingerprint density at radius 2 is 1.83 bits per heavy atom. The molecular weight excluding hydrogens is 290 g/mol. The first-order valence-electron chi connectivity index (χ1n) is 8.37. The second kappa shape index (κ2) is 8.11. The molecule has 126 valence electrons. The maximum Gasteiger partial charge on any atom is 0.238 e. The van der Waals surface area contributed by atoms with Gasteiger partial charge in [-0.15, -0.1) is 0 Å². The Morgan fingerprint density at radius 3 is 2.48 bits per heavy atom. The summed E-state index contributed by atoms with van der Waals surface area (Å²) in [7, 11) is 0. The molecule has 0 saturated carbocycles. The van der Waals surface area contributed by atoms with Crippen LogP contribution in [0.25, 0.3) is 0 Å². The van der Waals surface area contributed by atoms with Crippen molar-refractivity contribution >= 4 is 17.5 Å². The molecule has 1 heterocycles. The number of nitrogens with zero attached hydrogens (tertiary/aromatic N) is 2. The highest BCUT2D eigenvalue weighted by Crippen LogP contribution is 2.18. The first-order valence-corrected chi connectivity index (χ1v) is 8.37. The maximum atomic E-state index is 12.2. The topological polar surface area (TPSA) is 52.7 Å². The quantitative estimate of drug-likeness (QED) is 0.906. The number of piperazine rings is 1. The number of carbonyl (C=O) groups excluding carboxylic acids is 2. The number of benzene rings is 1. The summed E-state index contributed by atoms with van der Waals surface area (Å²) >= 11 is 0. The van der Waals surface area contributed by atoms with Gasteiger partial charge in [0.2, 0.25) is 11.8 Å². The highest BCUT2D eigenvalue weighted by molar-refractivity contribution is 5.93. The number of amides is 2. The Labute approximate surface area is 138 Å². The van der Waals surface area contributed by atoms with Gasteiger partial charge in [-0.2, -0.15) is 0 Å². The van der Waals surface area contributed by atoms with Crippen LogP contribution in [0.15, 0.2) is 18.2 Å². The molecule has 1 fully saturated rings. The van der Waals surface area contributed by atoms with Crippen molar-refractivity contribution in [3.63, 3.8) is 0 Å². The van der Waals surface area contributed by atoms with Gasteiger partial charge in [0.05, 0.1) is 6.54 Å². The zero-order valence-corrected chi connectivity index (χ0v) is 14.4. The van der Waals surface area contributed by atoms with Crippen molar-refractivity contribution < 1.29 is 9.59 Å². The molecule has 5 nitrogen and oxygen atoms in total. The van der Waals surface area contributed by atoms with E-state index >= 15 is 0 Å². The van der Waals surface area contributed by atoms with Crippen LogP contribution >= 0.6 is 0 Å². The van der Waals surface area contributed by atoms with Crippen molar-refractivity contribution in [2.75, 3.05) is 38.0 Å². The lowest BCUT2D eigenvalue weighted by Gasteiger charge is -2.34. The van der Waals surface area contributed by atoms with Gasteiger partial charge in [-0.25, -0.2) is 0 Å². The Kier molecular flexibility index (Phi) is 6.16. The average molecular weight is 317 g/mol. The summed E-state index contributed by atoms with van der Waals surface area (Å²) < 4.78 is 0. The molecular formula is C18H27N3O2. The zero-order valence-electron chi connectivity index (χ0n) is 14.4. The van der Waals surface area contributed by atoms with Crippen molar-refractivity contribution in [1.82, 2.24) is 9.80 Å². The Bertz CT molecular complexity index is 563. The van der Waals surface area contributed by atoms with Gasteiger partial charge < -0.3 is 10.2 Å². The third kappa shape index (κ3) is 4.79. The van der Waals surface area contributed by atoms with E-state index in [1.54, 1.807) is 0 Å². The van der Waals surface area contributed by atoms with Crippen molar-refractivity contribution in [2.45, 2.75) is 33.6 Å². The minimum atomic E-state index is 0.00651. The predicted octanol–water partition coefficient (Wildman–Crippen LogP) is 2.19. The van der Waals surface area contributed by atoms with E-state index in [4.69, 9.17) is 0 Å². The molecule has 1 aromatic rings. The first-order chi connectivity index (χ1) is 11.0. The summed E-state index contributed by atoms with van der Waals surface area (Å²) in [4.78, 5) is 28.1. The largest absolute Gasteiger partial charge is 0.340 e. The normalized spacial score (nSPS) is 15.5. The van der Waals surface area contributed by atoms with Crippen molar-refractivity contribution in [3.05, 3.63) is 29.3 Å². The lowest BCUT2D eigenvalue weighted by molar-refractivity contribution is -0.133. The smallest absolute Gasteiger partial charge is 0.238 e. The second-order valence-corrected chi connectivity index (χ2v) is 6.20. The van der Waals surface area contributed by atoms with Crippen LogP contribution in [0.5, 0.6) is 0 Å². The Hall–Kier alpha value is -1.88. The zero-order chi connectivity index (χ0) is 16.8. The standard InChI is InChI=1S/C18H27N3O2/c1-4-6-18(23)21-11-9-20(10-12-21)13-17(22)19-16-8-5-7-14(2)15(16)3/h5,7-8H,4,6,9-13H2,1-3H3,(H,19,22). The number of carbonyl (C=O) groups is 2. The van der Waals surface area contributed by atoms with Gasteiger partial charge in [0.1, 0.15) is 0 Å². The van der Waals surface area contributed by atoms with Crippen LogP contribution in [0.2, 0.25) is 0 Å². The molecule has 2 rings (SSSR count). The van der Waals surface area contributed by atoms with Crippen molar-refractivity contribution in [3.8, 4) is 0 Å². The molecule has 5 heteroatoms. The summed E-state index contributed by atoms with van der Waals surface area (Å²) in [5, 5.41) is 2.99. The van der Waals surface area contributed by atoms with E-state index in [1.807, 2.05) is 43.9 Å². The molecule has 0 aliphatic carbocycles. The molecule has 0 spiro atoms. The van der Waals surface area contributed by atoms with Crippen LogP contribution in [0.4, 0.5) is 5.69 Å². The Balaban J connectivity index is 1.81. The molecule has 1 aliphatic rings. The molecule has 23 heavy (non-hydrogen) atoms. The summed E-state index contributed by atoms with van der Waals surface area (Å²) in [6, 6.07) is 5.93. The molecule has 0 aromatic heterocycles. The average Bonchev–Trinajstić information content (AvgIpc) is 2.53. The maximum absolute atomic E-state index is 12.2. The fourth-order valence-electron chi connectivity index (χ4n) is 2.81. The van der Waals surface area contributed by atoms with E-state index in [9.17, 15) is 9.59 Å². The predicted molar refractivity (Wildman–Crippen MR) is 92.5 cm³/mol. The van der Waals surface area contributed by atoms with Crippen molar-refractivity contribution in [1.29, 1.82) is 0 Å². The lowest BCUT2D eigenvalue weighted by atomic mass is 10.1. The van der Waals surface area contributed by atoms with Crippen LogP contribution in [0.3, 0.4) is 0 Å². The minimum Gasteiger partial charge on any atom is -0.340 e. The van der Waals surface area contributed by atoms with Gasteiger partial charge in [-0.05, 0) is 37.5 Å². The van der Waals surface area contributed by atoms with Crippen LogP contribution in [0.1, 0.15) is 30.9 Å². The van der Waals surface area contributed by atoms with E-state index in [-0.39, 0.29) is 11.8 Å². The molecule has 1 aliphatic heterocycles. The first kappa shape index (κ1) is 17.5. The summed E-state index contributed by atoms with van der Waals surface area (Å²) in [5.41, 5.74) is 3.16. The number of aryl methyl sites for hydroxylation is 1. The summed E-state index contributed by atoms with van der Waals surface area (Å²) in [5.74, 6) is 0.235. The molecule has 0 atom stereocenters. The minimum absolute atomic E-state index is 0.00651. The number of anilines is 1. The van der Waals surface area contributed by atoms with Crippen LogP contribution in [0, 0.1) is 13.8 Å². The molecule has 1 saturated heterocycles. The highest BCUT2D eigenvalue weighted by Gasteiger charge is 2.21. The van der Waals surface area contributed by atoms with Gasteiger partial charge in [0.25, 0.3) is 0 Å². The molecule has 0 unspecified atom stereocenters. The highest BCUT2D eigenvalue weighted by atomic mass is 16.2. The van der Waals surface area contributed by atoms with Crippen LogP contribution < -0.4 is 5.32 Å². The van der Waals surface area contributed by atoms with Gasteiger partial charge in [0, 0.05) is 38.3 Å². The number of rotatable bonds is 5. The number of nitrogens with one attached hydrogen (secondary N) is 1. The van der Waals surface area contributed by atoms with E-state index < -0.39 is 0 Å². The van der Waals surface area contributed by atoms with E-state index in [2.05, 4.69) is 10.2 Å². The Morgan fingerprint density at radius 1 is 1.13 bits per heavy atom. The van der Waals surface area contributed by atoms with E-state index in [0.29, 0.717) is 13.0 Å². The van der Waals surface area contributed by atoms with Gasteiger partial charge in [-0.3, -0.25) is 14.5 Å². The molecule has 1 aromatic carbocycles. The SMILES string of the molecule is CCCC(=O)N1CCN(CC(=O)Nc2cccc(C)c2C)CC1. The molecule has 0 bridgehead atoms. The van der Waals surface area contributed by atoms with Gasteiger partial charge >= 0.3 is 0 Å². The van der Waals surface area contributed by atoms with Gasteiger partial charge in [-0.1, -0.05) is 19.1 Å². The monoisotopic (exact) mass is 317 g/mol. The van der Waals surface area contributed by atoms with Crippen LogP contribution in [-0.2, 0) is 9.59 Å². The van der Waals surface area contributed by atoms with E-state index in [0.717, 1.165) is 43.9 Å².